The van der Waals surface area contributed by atoms with Crippen LogP contribution in [0.5, 0.6) is 0 Å². The van der Waals surface area contributed by atoms with Crippen LogP contribution in [0.4, 0.5) is 5.69 Å². The van der Waals surface area contributed by atoms with Crippen LogP contribution >= 0.6 is 0 Å². The fourth-order valence-electron chi connectivity index (χ4n) is 2.68. The van der Waals surface area contributed by atoms with E-state index in [0.717, 1.165) is 13.4 Å². The summed E-state index contributed by atoms with van der Waals surface area (Å²) in [4.78, 5) is 50.0. The van der Waals surface area contributed by atoms with Gasteiger partial charge in [-0.25, -0.2) is 40.8 Å². The number of carbonyl (C=O) groups is 1. The average molecular weight is 449 g/mol. The van der Waals surface area contributed by atoms with Crippen molar-refractivity contribution in [1.29, 1.82) is 0 Å². The Labute approximate surface area is 178 Å². The van der Waals surface area contributed by atoms with Crippen molar-refractivity contribution in [3.63, 3.8) is 0 Å². The Hall–Kier alpha value is -3.51. The average Bonchev–Trinajstić information content (AvgIpc) is 2.72. The minimum atomic E-state index is -3.72. The summed E-state index contributed by atoms with van der Waals surface area (Å²) in [6.45, 7) is 5.96. The maximum Gasteiger partial charge on any atom is 0.337 e. The van der Waals surface area contributed by atoms with Crippen LogP contribution in [0, 0.1) is 0 Å². The zero-order valence-electron chi connectivity index (χ0n) is 17.1. The molecule has 31 heavy (non-hydrogen) atoms. The Morgan fingerprint density at radius 1 is 1.00 bits per heavy atom. The van der Waals surface area contributed by atoms with E-state index in [-0.39, 0.29) is 23.7 Å². The van der Waals surface area contributed by atoms with Gasteiger partial charge in [0.25, 0.3) is 0 Å². The molecule has 1 aromatic heterocycles. The summed E-state index contributed by atoms with van der Waals surface area (Å²) in [5.74, 6) is -0.757. The standard InChI is InChI=1S/C19H23N5O6S/c1-5-10-22-17(26)23(11-6-2)19(28)24(18(22)27)13-16(25)20-14-8-7-9-15(12-14)31(29,30)21(3)4/h5-9,12H,1-2,10-11,13H2,3-4H3,(H,20,25). The van der Waals surface area contributed by atoms with Crippen LogP contribution in [-0.4, -0.2) is 46.4 Å². The molecule has 2 rings (SSSR count). The molecular weight excluding hydrogens is 426 g/mol. The molecule has 1 N–H and O–H groups in total. The highest BCUT2D eigenvalue weighted by Crippen LogP contribution is 2.17. The number of aromatic nitrogens is 3. The molecule has 2 aromatic rings. The maximum absolute atomic E-state index is 12.6. The lowest BCUT2D eigenvalue weighted by Crippen LogP contribution is -2.55. The summed E-state index contributed by atoms with van der Waals surface area (Å²) in [7, 11) is -0.971. The summed E-state index contributed by atoms with van der Waals surface area (Å²) in [5.41, 5.74) is -2.61. The first kappa shape index (κ1) is 23.8. The third kappa shape index (κ3) is 4.98. The van der Waals surface area contributed by atoms with Gasteiger partial charge in [0.2, 0.25) is 15.9 Å². The van der Waals surface area contributed by atoms with Crippen LogP contribution in [0.25, 0.3) is 0 Å². The number of hydrogen-bond donors (Lipinski definition) is 1. The van der Waals surface area contributed by atoms with E-state index in [9.17, 15) is 27.6 Å². The number of anilines is 1. The molecule has 12 heteroatoms. The first-order valence-corrected chi connectivity index (χ1v) is 10.5. The van der Waals surface area contributed by atoms with E-state index < -0.39 is 39.5 Å². The van der Waals surface area contributed by atoms with Crippen molar-refractivity contribution in [2.75, 3.05) is 19.4 Å². The number of nitrogens with zero attached hydrogens (tertiary/aromatic N) is 4. The number of rotatable bonds is 9. The number of benzene rings is 1. The normalized spacial score (nSPS) is 11.3. The first-order valence-electron chi connectivity index (χ1n) is 9.03. The smallest absolute Gasteiger partial charge is 0.324 e. The van der Waals surface area contributed by atoms with Crippen LogP contribution < -0.4 is 22.4 Å². The molecule has 1 aromatic carbocycles. The van der Waals surface area contributed by atoms with Crippen LogP contribution in [0.2, 0.25) is 0 Å². The van der Waals surface area contributed by atoms with Gasteiger partial charge in [-0.05, 0) is 18.2 Å². The van der Waals surface area contributed by atoms with Crippen molar-refractivity contribution < 1.29 is 13.2 Å². The van der Waals surface area contributed by atoms with E-state index in [1.807, 2.05) is 0 Å². The second-order valence-corrected chi connectivity index (χ2v) is 8.75. The predicted molar refractivity (Wildman–Crippen MR) is 116 cm³/mol. The van der Waals surface area contributed by atoms with E-state index in [0.29, 0.717) is 4.57 Å². The van der Waals surface area contributed by atoms with Crippen LogP contribution in [0.1, 0.15) is 0 Å². The Bertz CT molecular complexity index is 1250. The van der Waals surface area contributed by atoms with Gasteiger partial charge in [-0.1, -0.05) is 18.2 Å². The van der Waals surface area contributed by atoms with Gasteiger partial charge in [0, 0.05) is 19.8 Å². The van der Waals surface area contributed by atoms with E-state index in [1.54, 1.807) is 0 Å². The third-order valence-corrected chi connectivity index (χ3v) is 6.02. The van der Waals surface area contributed by atoms with Gasteiger partial charge in [0.1, 0.15) is 6.54 Å². The largest absolute Gasteiger partial charge is 0.337 e. The fraction of sp³-hybridized carbons (Fsp3) is 0.263. The van der Waals surface area contributed by atoms with E-state index in [2.05, 4.69) is 18.5 Å². The zero-order chi connectivity index (χ0) is 23.3. The van der Waals surface area contributed by atoms with Crippen molar-refractivity contribution in [2.24, 2.45) is 0 Å². The number of carbonyl (C=O) groups excluding carboxylic acids is 1. The van der Waals surface area contributed by atoms with Crippen molar-refractivity contribution in [3.05, 3.63) is 81.0 Å². The molecule has 0 saturated heterocycles. The Kier molecular flexibility index (Phi) is 7.31. The molecule has 1 heterocycles. The van der Waals surface area contributed by atoms with E-state index in [1.165, 1.54) is 50.5 Å². The SMILES string of the molecule is C=CCn1c(=O)n(CC=C)c(=O)n(CC(=O)Nc2cccc(S(=O)(=O)N(C)C)c2)c1=O. The van der Waals surface area contributed by atoms with Crippen LogP contribution in [-0.2, 0) is 34.5 Å². The van der Waals surface area contributed by atoms with Gasteiger partial charge in [0.05, 0.1) is 18.0 Å². The topological polar surface area (TPSA) is 132 Å². The van der Waals surface area contributed by atoms with Crippen molar-refractivity contribution in [1.82, 2.24) is 18.0 Å². The molecule has 0 saturated carbocycles. The summed E-state index contributed by atoms with van der Waals surface area (Å²) < 4.78 is 27.7. The number of amides is 1. The molecule has 0 unspecified atom stereocenters. The molecule has 0 radical (unpaired) electrons. The molecule has 0 fully saturated rings. The van der Waals surface area contributed by atoms with E-state index >= 15 is 0 Å². The minimum Gasteiger partial charge on any atom is -0.324 e. The maximum atomic E-state index is 12.6. The Balaban J connectivity index is 2.42. The lowest BCUT2D eigenvalue weighted by molar-refractivity contribution is -0.116. The zero-order valence-corrected chi connectivity index (χ0v) is 18.0. The summed E-state index contributed by atoms with van der Waals surface area (Å²) in [6, 6.07) is 5.53. The van der Waals surface area contributed by atoms with E-state index in [4.69, 9.17) is 0 Å². The molecule has 0 aliphatic rings. The van der Waals surface area contributed by atoms with Gasteiger partial charge < -0.3 is 5.32 Å². The molecule has 1 amide bonds. The molecule has 11 nitrogen and oxygen atoms in total. The quantitative estimate of drug-likeness (QED) is 0.510. The molecule has 0 spiro atoms. The summed E-state index contributed by atoms with van der Waals surface area (Å²) in [6.07, 6.45) is 2.62. The van der Waals surface area contributed by atoms with Gasteiger partial charge in [-0.15, -0.1) is 13.2 Å². The van der Waals surface area contributed by atoms with Crippen molar-refractivity contribution in [2.45, 2.75) is 24.5 Å². The second-order valence-electron chi connectivity index (χ2n) is 6.60. The molecule has 0 atom stereocenters. The third-order valence-electron chi connectivity index (χ3n) is 4.21. The first-order chi connectivity index (χ1) is 14.5. The predicted octanol–water partition coefficient (Wildman–Crippen LogP) is -0.567. The number of allylic oxidation sites excluding steroid dienone is 2. The van der Waals surface area contributed by atoms with Gasteiger partial charge >= 0.3 is 17.1 Å². The van der Waals surface area contributed by atoms with Crippen molar-refractivity contribution in [3.8, 4) is 0 Å². The summed E-state index contributed by atoms with van der Waals surface area (Å²) in [5, 5.41) is 2.46. The monoisotopic (exact) mass is 449 g/mol. The minimum absolute atomic E-state index is 0.0414. The van der Waals surface area contributed by atoms with Crippen molar-refractivity contribution >= 4 is 21.6 Å². The number of sulfonamides is 1. The lowest BCUT2D eigenvalue weighted by atomic mass is 10.3. The molecular formula is C19H23N5O6S. The number of nitrogens with one attached hydrogen (secondary N) is 1. The number of hydrogen-bond acceptors (Lipinski definition) is 6. The highest BCUT2D eigenvalue weighted by molar-refractivity contribution is 7.89. The summed E-state index contributed by atoms with van der Waals surface area (Å²) >= 11 is 0. The highest BCUT2D eigenvalue weighted by atomic mass is 32.2. The molecule has 166 valence electrons. The lowest BCUT2D eigenvalue weighted by Gasteiger charge is -2.14. The second kappa shape index (κ2) is 9.53. The van der Waals surface area contributed by atoms with Gasteiger partial charge in [-0.2, -0.15) is 0 Å². The molecule has 0 aliphatic carbocycles. The van der Waals surface area contributed by atoms with Gasteiger partial charge in [-0.3, -0.25) is 4.79 Å². The molecule has 0 bridgehead atoms. The Morgan fingerprint density at radius 3 is 2.00 bits per heavy atom. The van der Waals surface area contributed by atoms with Gasteiger partial charge in [0.15, 0.2) is 0 Å². The Morgan fingerprint density at radius 2 is 1.52 bits per heavy atom. The van der Waals surface area contributed by atoms with Crippen LogP contribution in [0.3, 0.4) is 0 Å². The highest BCUT2D eigenvalue weighted by Gasteiger charge is 2.19. The van der Waals surface area contributed by atoms with Crippen LogP contribution in [0.15, 0.2) is 68.9 Å². The molecule has 0 aliphatic heterocycles. The fourth-order valence-corrected chi connectivity index (χ4v) is 3.63.